The highest BCUT2D eigenvalue weighted by molar-refractivity contribution is 5.81. The Labute approximate surface area is 175 Å². The largest absolute Gasteiger partial charge is 0.337 e. The Bertz CT molecular complexity index is 1150. The van der Waals surface area contributed by atoms with Crippen molar-refractivity contribution in [2.45, 2.75) is 5.85 Å². The van der Waals surface area contributed by atoms with E-state index in [1.165, 1.54) is 0 Å². The molecule has 4 aromatic rings. The number of H-pyrrole nitrogens is 1. The Balaban J connectivity index is 1.52. The summed E-state index contributed by atoms with van der Waals surface area (Å²) in [6.07, 6.45) is 1.77. The van der Waals surface area contributed by atoms with Crippen molar-refractivity contribution in [3.63, 3.8) is 0 Å². The Kier molecular flexibility index (Phi) is 4.61. The molecule has 0 saturated heterocycles. The van der Waals surface area contributed by atoms with Crippen LogP contribution in [0.25, 0.3) is 22.6 Å². The van der Waals surface area contributed by atoms with Gasteiger partial charge in [-0.15, -0.1) is 0 Å². The minimum Gasteiger partial charge on any atom is -0.337 e. The first-order valence-electron chi connectivity index (χ1n) is 9.99. The summed E-state index contributed by atoms with van der Waals surface area (Å²) in [5.41, 5.74) is 5.64. The first kappa shape index (κ1) is 18.6. The maximum Gasteiger partial charge on any atom is 0.244 e. The van der Waals surface area contributed by atoms with E-state index in [9.17, 15) is 0 Å². The van der Waals surface area contributed by atoms with E-state index in [1.807, 2.05) is 68.7 Å². The number of ether oxygens (including phenoxy) is 1. The fourth-order valence-corrected chi connectivity index (χ4v) is 3.65. The summed E-state index contributed by atoms with van der Waals surface area (Å²) in [5.74, 6) is -0.0922. The molecule has 3 heterocycles. The Hall–Kier alpha value is -3.42. The van der Waals surface area contributed by atoms with Crippen molar-refractivity contribution in [1.29, 1.82) is 0 Å². The summed E-state index contributed by atoms with van der Waals surface area (Å²) in [6, 6.07) is 20.1. The molecule has 0 unspecified atom stereocenters. The zero-order valence-corrected chi connectivity index (χ0v) is 17.0. The van der Waals surface area contributed by atoms with Gasteiger partial charge in [-0.05, 0) is 56.6 Å². The highest BCUT2D eigenvalue weighted by Gasteiger charge is 2.39. The van der Waals surface area contributed by atoms with E-state index in [-0.39, 0.29) is 0 Å². The number of aromatic amines is 1. The molecule has 0 saturated carbocycles. The summed E-state index contributed by atoms with van der Waals surface area (Å²) in [5, 5.41) is 7.09. The number of benzene rings is 2. The van der Waals surface area contributed by atoms with Gasteiger partial charge < -0.3 is 25.3 Å². The first-order chi connectivity index (χ1) is 14.6. The summed E-state index contributed by atoms with van der Waals surface area (Å²) < 4.78 is 6.40. The van der Waals surface area contributed by atoms with Crippen LogP contribution in [0.2, 0.25) is 0 Å². The van der Waals surface area contributed by atoms with Crippen LogP contribution in [0.15, 0.2) is 66.9 Å². The first-order valence-corrected chi connectivity index (χ1v) is 9.99. The molecule has 0 atom stereocenters. The van der Waals surface area contributed by atoms with Crippen LogP contribution in [0.5, 0.6) is 0 Å². The molecule has 7 nitrogen and oxygen atoms in total. The van der Waals surface area contributed by atoms with Crippen molar-refractivity contribution in [3.8, 4) is 11.5 Å². The SMILES string of the molecule is CN(C)CCOC1(c2ccc3nc(-c4ccccn4)[nH]c3c2)Nc2ccccc2N1. The number of hydrogen-bond acceptors (Lipinski definition) is 6. The van der Waals surface area contributed by atoms with Gasteiger partial charge in [0.05, 0.1) is 29.0 Å². The standard InChI is InChI=1S/C23H24N6O/c1-29(2)13-14-30-23(27-18-7-3-4-8-19(18)28-23)16-10-11-17-21(15-16)26-22(25-17)20-9-5-6-12-24-20/h3-12,15,27-28H,13-14H2,1-2H3,(H,25,26). The topological polar surface area (TPSA) is 78.1 Å². The molecule has 0 spiro atoms. The highest BCUT2D eigenvalue weighted by Crippen LogP contribution is 2.40. The second-order valence-electron chi connectivity index (χ2n) is 7.66. The van der Waals surface area contributed by atoms with Crippen LogP contribution in [-0.2, 0) is 10.6 Å². The van der Waals surface area contributed by atoms with Crippen molar-refractivity contribution >= 4 is 22.4 Å². The lowest BCUT2D eigenvalue weighted by Crippen LogP contribution is -2.43. The number of imidazole rings is 1. The molecule has 3 N–H and O–H groups in total. The number of anilines is 2. The fraction of sp³-hybridized carbons (Fsp3) is 0.217. The second-order valence-corrected chi connectivity index (χ2v) is 7.66. The quantitative estimate of drug-likeness (QED) is 0.456. The van der Waals surface area contributed by atoms with Gasteiger partial charge in [-0.25, -0.2) is 4.98 Å². The van der Waals surface area contributed by atoms with Crippen LogP contribution >= 0.6 is 0 Å². The zero-order valence-electron chi connectivity index (χ0n) is 17.0. The Morgan fingerprint density at radius 3 is 2.43 bits per heavy atom. The summed E-state index contributed by atoms with van der Waals surface area (Å²) in [4.78, 5) is 14.6. The number of hydrogen-bond donors (Lipinski definition) is 3. The molecule has 1 aliphatic rings. The van der Waals surface area contributed by atoms with Gasteiger partial charge in [0.2, 0.25) is 5.85 Å². The van der Waals surface area contributed by atoms with Crippen LogP contribution in [0.1, 0.15) is 5.56 Å². The van der Waals surface area contributed by atoms with Crippen molar-refractivity contribution in [2.24, 2.45) is 0 Å². The van der Waals surface area contributed by atoms with Crippen LogP contribution in [0.4, 0.5) is 11.4 Å². The third-order valence-corrected chi connectivity index (χ3v) is 5.20. The summed E-state index contributed by atoms with van der Waals surface area (Å²) >= 11 is 0. The fourth-order valence-electron chi connectivity index (χ4n) is 3.65. The molecule has 152 valence electrons. The maximum atomic E-state index is 6.40. The van der Waals surface area contributed by atoms with Crippen molar-refractivity contribution in [3.05, 3.63) is 72.4 Å². The van der Waals surface area contributed by atoms with Crippen molar-refractivity contribution in [1.82, 2.24) is 19.9 Å². The number of fused-ring (bicyclic) bond motifs is 2. The molecule has 2 aromatic carbocycles. The van der Waals surface area contributed by atoms with Gasteiger partial charge in [-0.2, -0.15) is 0 Å². The molecule has 5 rings (SSSR count). The van der Waals surface area contributed by atoms with Gasteiger partial charge in [0.15, 0.2) is 5.82 Å². The number of aromatic nitrogens is 3. The molecular weight excluding hydrogens is 376 g/mol. The van der Waals surface area contributed by atoms with Crippen LogP contribution in [0, 0.1) is 0 Å². The number of para-hydroxylation sites is 2. The number of nitrogens with zero attached hydrogens (tertiary/aromatic N) is 3. The Morgan fingerprint density at radius 1 is 0.967 bits per heavy atom. The van der Waals surface area contributed by atoms with Gasteiger partial charge in [0, 0.05) is 18.3 Å². The molecule has 0 fully saturated rings. The average molecular weight is 400 g/mol. The molecule has 0 bridgehead atoms. The summed E-state index contributed by atoms with van der Waals surface area (Å²) in [6.45, 7) is 1.39. The predicted octanol–water partition coefficient (Wildman–Crippen LogP) is 3.85. The number of nitrogens with one attached hydrogen (secondary N) is 3. The number of pyridine rings is 1. The third kappa shape index (κ3) is 3.38. The molecular formula is C23H24N6O. The van der Waals surface area contributed by atoms with E-state index in [0.29, 0.717) is 6.61 Å². The van der Waals surface area contributed by atoms with E-state index >= 15 is 0 Å². The minimum absolute atomic E-state index is 0.571. The van der Waals surface area contributed by atoms with Crippen LogP contribution < -0.4 is 10.6 Å². The molecule has 0 radical (unpaired) electrons. The van der Waals surface area contributed by atoms with E-state index < -0.39 is 5.85 Å². The van der Waals surface area contributed by atoms with E-state index in [2.05, 4.69) is 31.6 Å². The van der Waals surface area contributed by atoms with Gasteiger partial charge in [-0.1, -0.05) is 18.2 Å². The molecule has 0 amide bonds. The number of likely N-dealkylation sites (N-methyl/N-ethyl adjacent to an activating group) is 1. The monoisotopic (exact) mass is 400 g/mol. The molecule has 7 heteroatoms. The lowest BCUT2D eigenvalue weighted by molar-refractivity contribution is -0.00872. The lowest BCUT2D eigenvalue weighted by atomic mass is 10.1. The lowest BCUT2D eigenvalue weighted by Gasteiger charge is -2.31. The molecule has 0 aliphatic carbocycles. The smallest absolute Gasteiger partial charge is 0.244 e. The van der Waals surface area contributed by atoms with E-state index in [1.54, 1.807) is 6.20 Å². The van der Waals surface area contributed by atoms with Crippen molar-refractivity contribution < 1.29 is 4.74 Å². The van der Waals surface area contributed by atoms with Gasteiger partial charge in [0.1, 0.15) is 5.69 Å². The van der Waals surface area contributed by atoms with Crippen LogP contribution in [0.3, 0.4) is 0 Å². The minimum atomic E-state index is -0.843. The molecule has 30 heavy (non-hydrogen) atoms. The normalized spacial score (nSPS) is 14.5. The van der Waals surface area contributed by atoms with Gasteiger partial charge >= 0.3 is 0 Å². The predicted molar refractivity (Wildman–Crippen MR) is 119 cm³/mol. The number of rotatable bonds is 6. The van der Waals surface area contributed by atoms with Gasteiger partial charge in [0.25, 0.3) is 0 Å². The second kappa shape index (κ2) is 7.44. The zero-order chi connectivity index (χ0) is 20.6. The third-order valence-electron chi connectivity index (χ3n) is 5.20. The Morgan fingerprint density at radius 2 is 1.73 bits per heavy atom. The van der Waals surface area contributed by atoms with Crippen LogP contribution in [-0.4, -0.2) is 47.1 Å². The molecule has 1 aliphatic heterocycles. The molecule has 2 aromatic heterocycles. The maximum absolute atomic E-state index is 6.40. The average Bonchev–Trinajstić information content (AvgIpc) is 3.35. The van der Waals surface area contributed by atoms with E-state index in [0.717, 1.165) is 46.0 Å². The van der Waals surface area contributed by atoms with Crippen molar-refractivity contribution in [2.75, 3.05) is 37.9 Å². The van der Waals surface area contributed by atoms with E-state index in [4.69, 9.17) is 9.72 Å². The summed E-state index contributed by atoms with van der Waals surface area (Å²) in [7, 11) is 4.08. The van der Waals surface area contributed by atoms with Gasteiger partial charge in [-0.3, -0.25) is 4.98 Å². The highest BCUT2D eigenvalue weighted by atomic mass is 16.5.